The molecule has 2 aromatic carbocycles. The Hall–Kier alpha value is -3.28. The van der Waals surface area contributed by atoms with Gasteiger partial charge in [-0.15, -0.1) is 0 Å². The lowest BCUT2D eigenvalue weighted by Crippen LogP contribution is -2.29. The van der Waals surface area contributed by atoms with E-state index >= 15 is 0 Å². The van der Waals surface area contributed by atoms with Gasteiger partial charge in [-0.05, 0) is 50.6 Å². The van der Waals surface area contributed by atoms with Gasteiger partial charge in [0.05, 0.1) is 31.0 Å². The number of amides is 1. The van der Waals surface area contributed by atoms with E-state index in [0.717, 1.165) is 28.5 Å². The van der Waals surface area contributed by atoms with Crippen LogP contribution in [0.1, 0.15) is 34.2 Å². The molecule has 0 unspecified atom stereocenters. The van der Waals surface area contributed by atoms with Gasteiger partial charge < -0.3 is 14.8 Å². The summed E-state index contributed by atoms with van der Waals surface area (Å²) in [5.41, 5.74) is 3.36. The lowest BCUT2D eigenvalue weighted by atomic mass is 10.2. The quantitative estimate of drug-likeness (QED) is 0.562. The van der Waals surface area contributed by atoms with E-state index in [4.69, 9.17) is 9.47 Å². The van der Waals surface area contributed by atoms with Gasteiger partial charge in [0, 0.05) is 5.69 Å². The number of nitrogens with one attached hydrogen (secondary N) is 1. The third kappa shape index (κ3) is 5.38. The van der Waals surface area contributed by atoms with Crippen LogP contribution in [0.2, 0.25) is 0 Å². The first-order valence-corrected chi connectivity index (χ1v) is 9.80. The molecule has 3 aromatic rings. The maximum Gasteiger partial charge on any atom is 0.255 e. The number of carbonyl (C=O) groups is 1. The molecule has 0 aliphatic heterocycles. The fourth-order valence-electron chi connectivity index (χ4n) is 3.16. The van der Waals surface area contributed by atoms with Crippen molar-refractivity contribution in [2.75, 3.05) is 19.8 Å². The number of hydrogen-bond donors (Lipinski definition) is 1. The van der Waals surface area contributed by atoms with Crippen molar-refractivity contribution in [3.8, 4) is 11.5 Å². The fourth-order valence-corrected chi connectivity index (χ4v) is 3.16. The minimum Gasteiger partial charge on any atom is -0.494 e. The van der Waals surface area contributed by atoms with E-state index < -0.39 is 0 Å². The van der Waals surface area contributed by atoms with Crippen molar-refractivity contribution < 1.29 is 14.3 Å². The van der Waals surface area contributed by atoms with Crippen molar-refractivity contribution in [2.45, 2.75) is 27.3 Å². The molecule has 1 amide bonds. The first-order valence-electron chi connectivity index (χ1n) is 9.80. The summed E-state index contributed by atoms with van der Waals surface area (Å²) in [4.78, 5) is 12.6. The summed E-state index contributed by atoms with van der Waals surface area (Å²) >= 11 is 0. The fraction of sp³-hybridized carbons (Fsp3) is 0.304. The lowest BCUT2D eigenvalue weighted by Gasteiger charge is -2.09. The molecular formula is C23H27N3O3. The van der Waals surface area contributed by atoms with Crippen molar-refractivity contribution in [1.82, 2.24) is 15.1 Å². The summed E-state index contributed by atoms with van der Waals surface area (Å²) < 4.78 is 13.0. The number of aryl methyl sites for hydroxylation is 1. The Morgan fingerprint density at radius 1 is 1.00 bits per heavy atom. The Labute approximate surface area is 171 Å². The number of ether oxygens (including phenoxy) is 2. The van der Waals surface area contributed by atoms with Crippen LogP contribution >= 0.6 is 0 Å². The molecule has 0 aliphatic carbocycles. The molecule has 29 heavy (non-hydrogen) atoms. The molecule has 1 N–H and O–H groups in total. The van der Waals surface area contributed by atoms with Gasteiger partial charge in [0.25, 0.3) is 5.91 Å². The lowest BCUT2D eigenvalue weighted by molar-refractivity contribution is 0.0945. The molecule has 1 aromatic heterocycles. The summed E-state index contributed by atoms with van der Waals surface area (Å²) in [6.07, 6.45) is 0. The highest BCUT2D eigenvalue weighted by molar-refractivity contribution is 5.96. The van der Waals surface area contributed by atoms with Gasteiger partial charge in [-0.1, -0.05) is 30.3 Å². The van der Waals surface area contributed by atoms with Crippen LogP contribution in [0.15, 0.2) is 54.6 Å². The van der Waals surface area contributed by atoms with E-state index in [0.29, 0.717) is 31.9 Å². The molecule has 0 fully saturated rings. The monoisotopic (exact) mass is 393 g/mol. The molecule has 0 radical (unpaired) electrons. The molecule has 6 nitrogen and oxygen atoms in total. The third-order valence-corrected chi connectivity index (χ3v) is 4.57. The van der Waals surface area contributed by atoms with Gasteiger partial charge >= 0.3 is 0 Å². The SMILES string of the molecule is CCOc1ccc(OCCNC(=O)c2c(C)nn(Cc3ccccc3)c2C)cc1. The number of carbonyl (C=O) groups excluding carboxylic acids is 1. The molecule has 0 bridgehead atoms. The third-order valence-electron chi connectivity index (χ3n) is 4.57. The van der Waals surface area contributed by atoms with Gasteiger partial charge in [-0.25, -0.2) is 0 Å². The van der Waals surface area contributed by atoms with Gasteiger partial charge in [-0.2, -0.15) is 5.10 Å². The van der Waals surface area contributed by atoms with Crippen LogP contribution in [0.25, 0.3) is 0 Å². The Morgan fingerprint density at radius 2 is 1.66 bits per heavy atom. The molecular weight excluding hydrogens is 366 g/mol. The topological polar surface area (TPSA) is 65.4 Å². The molecule has 0 aliphatic rings. The number of hydrogen-bond acceptors (Lipinski definition) is 4. The molecule has 3 rings (SSSR count). The van der Waals surface area contributed by atoms with E-state index in [1.54, 1.807) is 0 Å². The minimum atomic E-state index is -0.130. The summed E-state index contributed by atoms with van der Waals surface area (Å²) in [6, 6.07) is 17.5. The maximum absolute atomic E-state index is 12.6. The Balaban J connectivity index is 1.52. The molecule has 0 saturated carbocycles. The zero-order valence-corrected chi connectivity index (χ0v) is 17.1. The normalized spacial score (nSPS) is 10.6. The second kappa shape index (κ2) is 9.78. The predicted octanol–water partition coefficient (Wildman–Crippen LogP) is 3.76. The van der Waals surface area contributed by atoms with E-state index in [1.807, 2.05) is 67.9 Å². The first-order chi connectivity index (χ1) is 14.1. The van der Waals surface area contributed by atoms with E-state index in [1.165, 1.54) is 0 Å². The zero-order valence-electron chi connectivity index (χ0n) is 17.1. The molecule has 152 valence electrons. The molecule has 6 heteroatoms. The largest absolute Gasteiger partial charge is 0.494 e. The van der Waals surface area contributed by atoms with Gasteiger partial charge in [0.15, 0.2) is 0 Å². The Kier molecular flexibility index (Phi) is 6.89. The second-order valence-electron chi connectivity index (χ2n) is 6.70. The van der Waals surface area contributed by atoms with E-state index in [9.17, 15) is 4.79 Å². The van der Waals surface area contributed by atoms with Crippen LogP contribution in [-0.4, -0.2) is 35.4 Å². The van der Waals surface area contributed by atoms with Gasteiger partial charge in [0.1, 0.15) is 18.1 Å². The number of nitrogens with zero attached hydrogens (tertiary/aromatic N) is 2. The van der Waals surface area contributed by atoms with Crippen LogP contribution < -0.4 is 14.8 Å². The number of benzene rings is 2. The average molecular weight is 393 g/mol. The highest BCUT2D eigenvalue weighted by atomic mass is 16.5. The molecule has 1 heterocycles. The molecule has 0 spiro atoms. The highest BCUT2D eigenvalue weighted by Crippen LogP contribution is 2.17. The predicted molar refractivity (Wildman–Crippen MR) is 113 cm³/mol. The van der Waals surface area contributed by atoms with Crippen LogP contribution in [0, 0.1) is 13.8 Å². The minimum absolute atomic E-state index is 0.130. The second-order valence-corrected chi connectivity index (χ2v) is 6.70. The number of aromatic nitrogens is 2. The van der Waals surface area contributed by atoms with Crippen molar-refractivity contribution in [2.24, 2.45) is 0 Å². The van der Waals surface area contributed by atoms with Crippen LogP contribution in [0.3, 0.4) is 0 Å². The summed E-state index contributed by atoms with van der Waals surface area (Å²) in [7, 11) is 0. The molecule has 0 saturated heterocycles. The van der Waals surface area contributed by atoms with Crippen LogP contribution in [-0.2, 0) is 6.54 Å². The van der Waals surface area contributed by atoms with Gasteiger partial charge in [-0.3, -0.25) is 9.48 Å². The van der Waals surface area contributed by atoms with Crippen LogP contribution in [0.4, 0.5) is 0 Å². The summed E-state index contributed by atoms with van der Waals surface area (Å²) in [5, 5.41) is 7.46. The number of rotatable bonds is 9. The maximum atomic E-state index is 12.6. The summed E-state index contributed by atoms with van der Waals surface area (Å²) in [5.74, 6) is 1.42. The summed E-state index contributed by atoms with van der Waals surface area (Å²) in [6.45, 7) is 7.80. The molecule has 0 atom stereocenters. The smallest absolute Gasteiger partial charge is 0.255 e. The van der Waals surface area contributed by atoms with Crippen molar-refractivity contribution in [3.05, 3.63) is 77.1 Å². The Morgan fingerprint density at radius 3 is 2.31 bits per heavy atom. The van der Waals surface area contributed by atoms with E-state index in [2.05, 4.69) is 22.5 Å². The zero-order chi connectivity index (χ0) is 20.6. The van der Waals surface area contributed by atoms with Crippen LogP contribution in [0.5, 0.6) is 11.5 Å². The highest BCUT2D eigenvalue weighted by Gasteiger charge is 2.18. The standard InChI is InChI=1S/C23H27N3O3/c1-4-28-20-10-12-21(13-11-20)29-15-14-24-23(27)22-17(2)25-26(18(22)3)16-19-8-6-5-7-9-19/h5-13H,4,14-16H2,1-3H3,(H,24,27). The van der Waals surface area contributed by atoms with Gasteiger partial charge in [0.2, 0.25) is 0 Å². The van der Waals surface area contributed by atoms with Crippen molar-refractivity contribution in [3.63, 3.8) is 0 Å². The van der Waals surface area contributed by atoms with Crippen molar-refractivity contribution >= 4 is 5.91 Å². The average Bonchev–Trinajstić information content (AvgIpc) is 3.00. The Bertz CT molecular complexity index is 934. The van der Waals surface area contributed by atoms with E-state index in [-0.39, 0.29) is 5.91 Å². The first kappa shape index (κ1) is 20.5. The van der Waals surface area contributed by atoms with Crippen molar-refractivity contribution in [1.29, 1.82) is 0 Å².